The Labute approximate surface area is 96.9 Å². The normalized spacial score (nSPS) is 11.1. The van der Waals surface area contributed by atoms with Crippen molar-refractivity contribution in [2.24, 2.45) is 0 Å². The van der Waals surface area contributed by atoms with Crippen molar-refractivity contribution in [1.82, 2.24) is 4.57 Å². The van der Waals surface area contributed by atoms with Crippen LogP contribution in [0, 0.1) is 0 Å². The summed E-state index contributed by atoms with van der Waals surface area (Å²) in [5.41, 5.74) is 1.23. The van der Waals surface area contributed by atoms with E-state index >= 15 is 0 Å². The Balaban J connectivity index is 2.30. The highest BCUT2D eigenvalue weighted by Crippen LogP contribution is 2.11. The maximum absolute atomic E-state index is 11.5. The Morgan fingerprint density at radius 3 is 3.00 bits per heavy atom. The highest BCUT2D eigenvalue weighted by Gasteiger charge is 2.06. The first-order chi connectivity index (χ1) is 8.22. The van der Waals surface area contributed by atoms with Crippen molar-refractivity contribution in [3.05, 3.63) is 47.0 Å². The minimum Gasteiger partial charge on any atom is -0.466 e. The van der Waals surface area contributed by atoms with Crippen molar-refractivity contribution in [2.75, 3.05) is 7.11 Å². The van der Waals surface area contributed by atoms with Gasteiger partial charge in [-0.2, -0.15) is 0 Å². The van der Waals surface area contributed by atoms with Gasteiger partial charge >= 0.3 is 11.7 Å². The summed E-state index contributed by atoms with van der Waals surface area (Å²) in [6, 6.07) is 7.11. The van der Waals surface area contributed by atoms with Crippen LogP contribution < -0.4 is 5.76 Å². The lowest BCUT2D eigenvalue weighted by molar-refractivity contribution is -0.134. The van der Waals surface area contributed by atoms with Crippen molar-refractivity contribution in [2.45, 2.75) is 6.54 Å². The number of methoxy groups -OCH3 is 1. The van der Waals surface area contributed by atoms with Gasteiger partial charge in [-0.1, -0.05) is 18.2 Å². The number of carbonyl (C=O) groups excluding carboxylic acids is 1. The van der Waals surface area contributed by atoms with E-state index in [4.69, 9.17) is 4.42 Å². The van der Waals surface area contributed by atoms with Gasteiger partial charge in [0.25, 0.3) is 0 Å². The summed E-state index contributed by atoms with van der Waals surface area (Å²) in [6.45, 7) is 0.269. The van der Waals surface area contributed by atoms with E-state index in [-0.39, 0.29) is 6.54 Å². The van der Waals surface area contributed by atoms with E-state index in [2.05, 4.69) is 4.74 Å². The van der Waals surface area contributed by atoms with E-state index in [0.29, 0.717) is 11.1 Å². The molecule has 0 saturated carbocycles. The van der Waals surface area contributed by atoms with Gasteiger partial charge in [-0.3, -0.25) is 4.57 Å². The number of fused-ring (bicyclic) bond motifs is 1. The Morgan fingerprint density at radius 2 is 2.24 bits per heavy atom. The third-order valence-corrected chi connectivity index (χ3v) is 2.32. The lowest BCUT2D eigenvalue weighted by atomic mass is 10.3. The number of aromatic nitrogens is 1. The van der Waals surface area contributed by atoms with Crippen molar-refractivity contribution < 1.29 is 13.9 Å². The zero-order valence-corrected chi connectivity index (χ0v) is 9.25. The highest BCUT2D eigenvalue weighted by molar-refractivity contribution is 5.81. The van der Waals surface area contributed by atoms with Gasteiger partial charge < -0.3 is 9.15 Å². The van der Waals surface area contributed by atoms with Crippen molar-refractivity contribution in [3.63, 3.8) is 0 Å². The van der Waals surface area contributed by atoms with Crippen LogP contribution in [-0.4, -0.2) is 17.6 Å². The SMILES string of the molecule is COC(=O)/C=C/Cn1c(=O)oc2ccccc21. The lowest BCUT2D eigenvalue weighted by Gasteiger charge is -1.96. The van der Waals surface area contributed by atoms with Crippen LogP contribution >= 0.6 is 0 Å². The van der Waals surface area contributed by atoms with E-state index in [1.807, 2.05) is 6.07 Å². The number of benzene rings is 1. The van der Waals surface area contributed by atoms with Gasteiger partial charge in [-0.15, -0.1) is 0 Å². The van der Waals surface area contributed by atoms with Crippen LogP contribution in [0.1, 0.15) is 0 Å². The molecule has 0 saturated heterocycles. The molecule has 0 spiro atoms. The van der Waals surface area contributed by atoms with Crippen molar-refractivity contribution >= 4 is 17.1 Å². The molecule has 0 N–H and O–H groups in total. The van der Waals surface area contributed by atoms with Crippen molar-refractivity contribution in [3.8, 4) is 0 Å². The number of rotatable bonds is 3. The van der Waals surface area contributed by atoms with E-state index in [0.717, 1.165) is 0 Å². The van der Waals surface area contributed by atoms with E-state index in [9.17, 15) is 9.59 Å². The summed E-state index contributed by atoms with van der Waals surface area (Å²) >= 11 is 0. The number of para-hydroxylation sites is 2. The van der Waals surface area contributed by atoms with E-state index < -0.39 is 11.7 Å². The molecule has 2 rings (SSSR count). The summed E-state index contributed by atoms with van der Waals surface area (Å²) < 4.78 is 10.9. The third kappa shape index (κ3) is 2.28. The fourth-order valence-electron chi connectivity index (χ4n) is 1.51. The summed E-state index contributed by atoms with van der Waals surface area (Å²) in [6.07, 6.45) is 2.82. The average molecular weight is 233 g/mol. The topological polar surface area (TPSA) is 61.4 Å². The number of ether oxygens (including phenoxy) is 1. The first-order valence-electron chi connectivity index (χ1n) is 5.05. The monoisotopic (exact) mass is 233 g/mol. The molecule has 0 bridgehead atoms. The molecular formula is C12H11NO4. The van der Waals surface area contributed by atoms with E-state index in [1.54, 1.807) is 24.3 Å². The van der Waals surface area contributed by atoms with Crippen LogP contribution in [0.25, 0.3) is 11.1 Å². The quantitative estimate of drug-likeness (QED) is 0.592. The molecule has 5 heteroatoms. The Kier molecular flexibility index (Phi) is 3.09. The van der Waals surface area contributed by atoms with Gasteiger partial charge in [-0.25, -0.2) is 9.59 Å². The summed E-state index contributed by atoms with van der Waals surface area (Å²) in [7, 11) is 1.30. The van der Waals surface area contributed by atoms with Gasteiger partial charge in [0.2, 0.25) is 0 Å². The number of esters is 1. The molecule has 5 nitrogen and oxygen atoms in total. The van der Waals surface area contributed by atoms with Gasteiger partial charge in [-0.05, 0) is 12.1 Å². The van der Waals surface area contributed by atoms with Crippen LogP contribution in [0.2, 0.25) is 0 Å². The predicted octanol–water partition coefficient (Wildman–Crippen LogP) is 1.32. The molecule has 1 aromatic heterocycles. The maximum atomic E-state index is 11.5. The molecule has 1 heterocycles. The summed E-state index contributed by atoms with van der Waals surface area (Å²) in [5, 5.41) is 0. The second-order valence-electron chi connectivity index (χ2n) is 3.37. The Morgan fingerprint density at radius 1 is 1.47 bits per heavy atom. The summed E-state index contributed by atoms with van der Waals surface area (Å²) in [4.78, 5) is 22.4. The molecule has 0 amide bonds. The highest BCUT2D eigenvalue weighted by atomic mass is 16.5. The van der Waals surface area contributed by atoms with Gasteiger partial charge in [0.15, 0.2) is 5.58 Å². The number of nitrogens with zero attached hydrogens (tertiary/aromatic N) is 1. The zero-order chi connectivity index (χ0) is 12.3. The van der Waals surface area contributed by atoms with E-state index in [1.165, 1.54) is 17.8 Å². The number of allylic oxidation sites excluding steroid dienone is 1. The minimum atomic E-state index is -0.453. The molecule has 0 fully saturated rings. The number of carbonyl (C=O) groups is 1. The number of hydrogen-bond acceptors (Lipinski definition) is 4. The largest absolute Gasteiger partial charge is 0.466 e. The molecule has 0 atom stereocenters. The number of hydrogen-bond donors (Lipinski definition) is 0. The van der Waals surface area contributed by atoms with Crippen molar-refractivity contribution in [1.29, 1.82) is 0 Å². The molecule has 0 aliphatic carbocycles. The molecule has 17 heavy (non-hydrogen) atoms. The molecule has 0 unspecified atom stereocenters. The smallest absolute Gasteiger partial charge is 0.420 e. The first kappa shape index (κ1) is 11.2. The second-order valence-corrected chi connectivity index (χ2v) is 3.37. The predicted molar refractivity (Wildman–Crippen MR) is 61.6 cm³/mol. The fraction of sp³-hybridized carbons (Fsp3) is 0.167. The maximum Gasteiger partial charge on any atom is 0.420 e. The first-order valence-corrected chi connectivity index (χ1v) is 5.05. The summed E-state index contributed by atoms with van der Waals surface area (Å²) in [5.74, 6) is -0.897. The molecule has 0 aliphatic heterocycles. The van der Waals surface area contributed by atoms with Crippen LogP contribution in [-0.2, 0) is 16.1 Å². The molecule has 2 aromatic rings. The Bertz CT molecular complexity index is 621. The lowest BCUT2D eigenvalue weighted by Crippen LogP contribution is -2.13. The standard InChI is InChI=1S/C12H11NO4/c1-16-11(14)7-4-8-13-9-5-2-3-6-10(9)17-12(13)15/h2-7H,8H2,1H3/b7-4+. The van der Waals surface area contributed by atoms with Crippen LogP contribution in [0.5, 0.6) is 0 Å². The second kappa shape index (κ2) is 4.69. The van der Waals surface area contributed by atoms with Gasteiger partial charge in [0, 0.05) is 12.6 Å². The zero-order valence-electron chi connectivity index (χ0n) is 9.25. The van der Waals surface area contributed by atoms with Crippen LogP contribution in [0.4, 0.5) is 0 Å². The molecular weight excluding hydrogens is 222 g/mol. The molecule has 88 valence electrons. The fourth-order valence-corrected chi connectivity index (χ4v) is 1.51. The molecule has 0 radical (unpaired) electrons. The van der Waals surface area contributed by atoms with Crippen LogP contribution in [0.3, 0.4) is 0 Å². The van der Waals surface area contributed by atoms with Gasteiger partial charge in [0.05, 0.1) is 12.6 Å². The average Bonchev–Trinajstić information content (AvgIpc) is 2.66. The third-order valence-electron chi connectivity index (χ3n) is 2.32. The van der Waals surface area contributed by atoms with Crippen LogP contribution in [0.15, 0.2) is 45.6 Å². The van der Waals surface area contributed by atoms with Gasteiger partial charge in [0.1, 0.15) is 0 Å². The minimum absolute atomic E-state index is 0.269. The number of oxazole rings is 1. The molecule has 0 aliphatic rings. The molecule has 1 aromatic carbocycles. The Hall–Kier alpha value is -2.30.